The van der Waals surface area contributed by atoms with Crippen LogP contribution in [0.1, 0.15) is 48.0 Å². The summed E-state index contributed by atoms with van der Waals surface area (Å²) < 4.78 is 37.7. The monoisotopic (exact) mass is 487 g/mol. The first-order valence-electron chi connectivity index (χ1n) is 11.5. The van der Waals surface area contributed by atoms with E-state index in [1.165, 1.54) is 46.0 Å². The van der Waals surface area contributed by atoms with E-state index in [4.69, 9.17) is 9.47 Å². The molecule has 9 heteroatoms. The van der Waals surface area contributed by atoms with Crippen molar-refractivity contribution in [2.75, 3.05) is 28.3 Å². The van der Waals surface area contributed by atoms with Crippen molar-refractivity contribution in [2.45, 2.75) is 55.2 Å². The molecule has 2 bridgehead atoms. The van der Waals surface area contributed by atoms with Gasteiger partial charge >= 0.3 is 0 Å². The molecule has 2 aliphatic heterocycles. The number of sulfonamides is 1. The SMILES string of the molecule is COc1cc(OC)c(S(=O)(=O)N(C)C)cc1C(=O)NC12CCCC(CC1)N2Cc1ccccc1. The van der Waals surface area contributed by atoms with Gasteiger partial charge in [-0.1, -0.05) is 30.3 Å². The van der Waals surface area contributed by atoms with Crippen LogP contribution in [-0.2, 0) is 16.6 Å². The molecular weight excluding hydrogens is 454 g/mol. The molecule has 0 aromatic heterocycles. The van der Waals surface area contributed by atoms with Crippen LogP contribution in [0.15, 0.2) is 47.4 Å². The summed E-state index contributed by atoms with van der Waals surface area (Å²) in [4.78, 5) is 16.0. The van der Waals surface area contributed by atoms with Gasteiger partial charge in [0.15, 0.2) is 0 Å². The van der Waals surface area contributed by atoms with Crippen LogP contribution in [0.4, 0.5) is 0 Å². The third kappa shape index (κ3) is 4.39. The smallest absolute Gasteiger partial charge is 0.256 e. The second kappa shape index (κ2) is 9.56. The number of methoxy groups -OCH3 is 2. The highest BCUT2D eigenvalue weighted by atomic mass is 32.2. The minimum absolute atomic E-state index is 0.0717. The lowest BCUT2D eigenvalue weighted by molar-refractivity contribution is 0.0184. The van der Waals surface area contributed by atoms with Gasteiger partial charge in [-0.25, -0.2) is 12.7 Å². The number of hydrogen-bond donors (Lipinski definition) is 1. The lowest BCUT2D eigenvalue weighted by Gasteiger charge is -2.45. The zero-order valence-electron chi connectivity index (χ0n) is 20.2. The van der Waals surface area contributed by atoms with E-state index in [0.717, 1.165) is 43.0 Å². The summed E-state index contributed by atoms with van der Waals surface area (Å²) in [6.07, 6.45) is 4.88. The molecule has 0 saturated carbocycles. The van der Waals surface area contributed by atoms with Crippen molar-refractivity contribution in [3.05, 3.63) is 53.6 Å². The van der Waals surface area contributed by atoms with Crippen LogP contribution < -0.4 is 14.8 Å². The predicted octanol–water partition coefficient (Wildman–Crippen LogP) is 3.23. The van der Waals surface area contributed by atoms with E-state index in [9.17, 15) is 13.2 Å². The summed E-state index contributed by atoms with van der Waals surface area (Å²) in [5, 5.41) is 3.29. The van der Waals surface area contributed by atoms with Crippen LogP contribution in [0.5, 0.6) is 11.5 Å². The van der Waals surface area contributed by atoms with Gasteiger partial charge in [-0.2, -0.15) is 0 Å². The standard InChI is InChI=1S/C25H33N3O5S/c1-27(2)34(30,31)23-15-20(21(32-3)16-22(23)33-4)24(29)26-25-13-8-11-19(12-14-25)28(25)17-18-9-6-5-7-10-18/h5-7,9-10,15-16,19H,8,11-14,17H2,1-4H3,(H,26,29). The summed E-state index contributed by atoms with van der Waals surface area (Å²) in [5.41, 5.74) is 0.907. The van der Waals surface area contributed by atoms with E-state index in [1.807, 2.05) is 18.2 Å². The quantitative estimate of drug-likeness (QED) is 0.615. The fourth-order valence-electron chi connectivity index (χ4n) is 5.23. The van der Waals surface area contributed by atoms with E-state index in [-0.39, 0.29) is 27.9 Å². The molecule has 2 atom stereocenters. The number of benzene rings is 2. The van der Waals surface area contributed by atoms with E-state index in [1.54, 1.807) is 0 Å². The summed E-state index contributed by atoms with van der Waals surface area (Å²) in [6.45, 7) is 0.756. The van der Waals surface area contributed by atoms with Crippen molar-refractivity contribution in [1.82, 2.24) is 14.5 Å². The minimum atomic E-state index is -3.84. The molecule has 2 heterocycles. The number of ether oxygens (including phenoxy) is 2. The second-order valence-corrected chi connectivity index (χ2v) is 11.3. The average molecular weight is 488 g/mol. The number of fused-ring (bicyclic) bond motifs is 2. The van der Waals surface area contributed by atoms with Gasteiger partial charge in [0.2, 0.25) is 10.0 Å². The second-order valence-electron chi connectivity index (χ2n) is 9.17. The molecule has 2 saturated heterocycles. The number of carbonyl (C=O) groups is 1. The van der Waals surface area contributed by atoms with Gasteiger partial charge in [0.1, 0.15) is 16.4 Å². The summed E-state index contributed by atoms with van der Waals surface area (Å²) >= 11 is 0. The molecular formula is C25H33N3O5S. The number of piperidine rings is 1. The fraction of sp³-hybridized carbons (Fsp3) is 0.480. The summed E-state index contributed by atoms with van der Waals surface area (Å²) in [7, 11) is 1.90. The Hall–Kier alpha value is -2.62. The average Bonchev–Trinajstić information content (AvgIpc) is 3.01. The van der Waals surface area contributed by atoms with Gasteiger partial charge in [0.05, 0.1) is 25.4 Å². The van der Waals surface area contributed by atoms with E-state index < -0.39 is 15.7 Å². The maximum absolute atomic E-state index is 13.7. The third-order valence-corrected chi connectivity index (χ3v) is 8.88. The Morgan fingerprint density at radius 1 is 1.09 bits per heavy atom. The first-order valence-corrected chi connectivity index (χ1v) is 13.0. The molecule has 0 radical (unpaired) electrons. The normalized spacial score (nSPS) is 22.6. The van der Waals surface area contributed by atoms with Crippen molar-refractivity contribution in [2.24, 2.45) is 0 Å². The Morgan fingerprint density at radius 2 is 1.79 bits per heavy atom. The molecule has 8 nitrogen and oxygen atoms in total. The fourth-order valence-corrected chi connectivity index (χ4v) is 6.29. The summed E-state index contributed by atoms with van der Waals surface area (Å²) in [5.74, 6) is 0.0447. The molecule has 0 spiro atoms. The van der Waals surface area contributed by atoms with Crippen LogP contribution in [0, 0.1) is 0 Å². The molecule has 1 N–H and O–H groups in total. The third-order valence-electron chi connectivity index (χ3n) is 7.04. The largest absolute Gasteiger partial charge is 0.496 e. The number of carbonyl (C=O) groups excluding carboxylic acids is 1. The van der Waals surface area contributed by atoms with Crippen LogP contribution >= 0.6 is 0 Å². The molecule has 2 unspecified atom stereocenters. The minimum Gasteiger partial charge on any atom is -0.496 e. The number of nitrogens with zero attached hydrogens (tertiary/aromatic N) is 2. The Morgan fingerprint density at radius 3 is 2.44 bits per heavy atom. The molecule has 34 heavy (non-hydrogen) atoms. The Labute approximate surface area is 201 Å². The highest BCUT2D eigenvalue weighted by Gasteiger charge is 2.49. The molecule has 0 aliphatic carbocycles. The Balaban J connectivity index is 1.69. The van der Waals surface area contributed by atoms with Gasteiger partial charge in [0.25, 0.3) is 5.91 Å². The van der Waals surface area contributed by atoms with Crippen molar-refractivity contribution in [1.29, 1.82) is 0 Å². The molecule has 2 aromatic carbocycles. The van der Waals surface area contributed by atoms with Crippen LogP contribution in [0.2, 0.25) is 0 Å². The topological polar surface area (TPSA) is 88.2 Å². The maximum Gasteiger partial charge on any atom is 0.256 e. The van der Waals surface area contributed by atoms with Crippen LogP contribution in [0.3, 0.4) is 0 Å². The number of rotatable bonds is 8. The number of hydrogen-bond acceptors (Lipinski definition) is 6. The first-order chi connectivity index (χ1) is 16.2. The summed E-state index contributed by atoms with van der Waals surface area (Å²) in [6, 6.07) is 13.5. The molecule has 2 aliphatic rings. The van der Waals surface area contributed by atoms with Gasteiger partial charge < -0.3 is 14.8 Å². The zero-order chi connectivity index (χ0) is 24.5. The Bertz CT molecular complexity index is 1150. The van der Waals surface area contributed by atoms with Gasteiger partial charge in [0, 0.05) is 32.7 Å². The molecule has 2 aromatic rings. The van der Waals surface area contributed by atoms with Gasteiger partial charge in [-0.15, -0.1) is 0 Å². The molecule has 4 rings (SSSR count). The predicted molar refractivity (Wildman–Crippen MR) is 129 cm³/mol. The lowest BCUT2D eigenvalue weighted by atomic mass is 9.95. The molecule has 184 valence electrons. The maximum atomic E-state index is 13.7. The van der Waals surface area contributed by atoms with E-state index in [0.29, 0.717) is 6.04 Å². The van der Waals surface area contributed by atoms with Crippen molar-refractivity contribution in [3.8, 4) is 11.5 Å². The number of amides is 1. The Kier molecular flexibility index (Phi) is 6.89. The van der Waals surface area contributed by atoms with E-state index in [2.05, 4.69) is 22.3 Å². The van der Waals surface area contributed by atoms with E-state index >= 15 is 0 Å². The molecule has 1 amide bonds. The highest BCUT2D eigenvalue weighted by Crippen LogP contribution is 2.44. The molecule has 2 fully saturated rings. The van der Waals surface area contributed by atoms with Crippen molar-refractivity contribution < 1.29 is 22.7 Å². The van der Waals surface area contributed by atoms with Crippen LogP contribution in [-0.4, -0.2) is 63.5 Å². The first kappa shape index (κ1) is 24.5. The lowest BCUT2D eigenvalue weighted by Crippen LogP contribution is -2.60. The van der Waals surface area contributed by atoms with Gasteiger partial charge in [-0.3, -0.25) is 9.69 Å². The zero-order valence-corrected chi connectivity index (χ0v) is 21.0. The van der Waals surface area contributed by atoms with Crippen LogP contribution in [0.25, 0.3) is 0 Å². The number of nitrogens with one attached hydrogen (secondary N) is 1. The van der Waals surface area contributed by atoms with Crippen molar-refractivity contribution >= 4 is 15.9 Å². The van der Waals surface area contributed by atoms with Gasteiger partial charge in [-0.05, 0) is 43.7 Å². The highest BCUT2D eigenvalue weighted by molar-refractivity contribution is 7.89. The van der Waals surface area contributed by atoms with Crippen molar-refractivity contribution in [3.63, 3.8) is 0 Å².